The molecular weight excluding hydrogens is 240 g/mol. The molecule has 1 aliphatic carbocycles. The summed E-state index contributed by atoms with van der Waals surface area (Å²) in [7, 11) is 0. The Bertz CT molecular complexity index is 838. The molecule has 0 saturated heterocycles. The summed E-state index contributed by atoms with van der Waals surface area (Å²) in [5.74, 6) is 0. The van der Waals surface area contributed by atoms with Gasteiger partial charge in [0.25, 0.3) is 0 Å². The highest BCUT2D eigenvalue weighted by atomic mass is 14.4. The van der Waals surface area contributed by atoms with Gasteiger partial charge >= 0.3 is 0 Å². The highest BCUT2D eigenvalue weighted by Crippen LogP contribution is 2.51. The third-order valence-corrected chi connectivity index (χ3v) is 4.79. The quantitative estimate of drug-likeness (QED) is 0.502. The van der Waals surface area contributed by atoms with E-state index in [1.165, 1.54) is 38.6 Å². The summed E-state index contributed by atoms with van der Waals surface area (Å²) in [6.45, 7) is 6.90. The SMILES string of the molecule is Cc1cc2c(c3ccccc13)-c1ccccc1C2(C)C. The van der Waals surface area contributed by atoms with Crippen molar-refractivity contribution in [2.75, 3.05) is 0 Å². The van der Waals surface area contributed by atoms with Crippen molar-refractivity contribution in [3.63, 3.8) is 0 Å². The number of rotatable bonds is 0. The molecule has 0 heterocycles. The molecule has 0 N–H and O–H groups in total. The molecular formula is C20H18. The van der Waals surface area contributed by atoms with Crippen LogP contribution in [0.4, 0.5) is 0 Å². The minimum atomic E-state index is 0.0979. The molecule has 0 fully saturated rings. The molecule has 0 amide bonds. The topological polar surface area (TPSA) is 0 Å². The van der Waals surface area contributed by atoms with Gasteiger partial charge in [0.15, 0.2) is 0 Å². The van der Waals surface area contributed by atoms with Gasteiger partial charge in [-0.1, -0.05) is 68.4 Å². The van der Waals surface area contributed by atoms with Crippen molar-refractivity contribution in [3.8, 4) is 11.1 Å². The summed E-state index contributed by atoms with van der Waals surface area (Å²) in [5.41, 5.74) is 7.23. The summed E-state index contributed by atoms with van der Waals surface area (Å²) in [5, 5.41) is 2.76. The monoisotopic (exact) mass is 258 g/mol. The molecule has 0 nitrogen and oxygen atoms in total. The lowest BCUT2D eigenvalue weighted by molar-refractivity contribution is 0.660. The van der Waals surface area contributed by atoms with Crippen LogP contribution >= 0.6 is 0 Å². The number of benzene rings is 3. The molecule has 0 heteroatoms. The van der Waals surface area contributed by atoms with E-state index in [2.05, 4.69) is 75.4 Å². The van der Waals surface area contributed by atoms with Crippen molar-refractivity contribution < 1.29 is 0 Å². The van der Waals surface area contributed by atoms with Gasteiger partial charge in [0.2, 0.25) is 0 Å². The normalized spacial score (nSPS) is 15.2. The molecule has 0 saturated carbocycles. The molecule has 0 radical (unpaired) electrons. The van der Waals surface area contributed by atoms with Crippen LogP contribution in [0.25, 0.3) is 21.9 Å². The molecule has 0 atom stereocenters. The second-order valence-electron chi connectivity index (χ2n) is 6.33. The minimum Gasteiger partial charge on any atom is -0.0619 e. The molecule has 0 aromatic heterocycles. The van der Waals surface area contributed by atoms with Crippen LogP contribution < -0.4 is 0 Å². The predicted octanol–water partition coefficient (Wildman–Crippen LogP) is 5.45. The van der Waals surface area contributed by atoms with Gasteiger partial charge in [-0.15, -0.1) is 0 Å². The fraction of sp³-hybridized carbons (Fsp3) is 0.200. The zero-order valence-corrected chi connectivity index (χ0v) is 12.2. The van der Waals surface area contributed by atoms with Crippen LogP contribution in [-0.4, -0.2) is 0 Å². The molecule has 1 aliphatic rings. The molecule has 4 rings (SSSR count). The minimum absolute atomic E-state index is 0.0979. The Morgan fingerprint density at radius 1 is 0.750 bits per heavy atom. The number of hydrogen-bond donors (Lipinski definition) is 0. The Morgan fingerprint density at radius 3 is 2.20 bits per heavy atom. The van der Waals surface area contributed by atoms with E-state index < -0.39 is 0 Å². The van der Waals surface area contributed by atoms with Gasteiger partial charge in [-0.3, -0.25) is 0 Å². The van der Waals surface area contributed by atoms with Crippen molar-refractivity contribution in [3.05, 3.63) is 71.3 Å². The first-order chi connectivity index (χ1) is 9.60. The Balaban J connectivity index is 2.25. The van der Waals surface area contributed by atoms with Gasteiger partial charge < -0.3 is 0 Å². The highest BCUT2D eigenvalue weighted by Gasteiger charge is 2.36. The molecule has 0 spiro atoms. The standard InChI is InChI=1S/C20H18/c1-13-12-18-19(15-9-5-4-8-14(13)15)16-10-6-7-11-17(16)20(18,2)3/h4-12H,1-3H3. The fourth-order valence-electron chi connectivity index (χ4n) is 3.73. The van der Waals surface area contributed by atoms with E-state index in [0.717, 1.165) is 0 Å². The molecule has 0 bridgehead atoms. The number of aryl methyl sites for hydroxylation is 1. The van der Waals surface area contributed by atoms with Crippen LogP contribution in [-0.2, 0) is 5.41 Å². The van der Waals surface area contributed by atoms with Gasteiger partial charge in [0, 0.05) is 5.41 Å². The third-order valence-electron chi connectivity index (χ3n) is 4.79. The van der Waals surface area contributed by atoms with Crippen LogP contribution in [0.2, 0.25) is 0 Å². The average molecular weight is 258 g/mol. The van der Waals surface area contributed by atoms with Crippen molar-refractivity contribution in [1.82, 2.24) is 0 Å². The Kier molecular flexibility index (Phi) is 2.18. The maximum atomic E-state index is 2.39. The maximum Gasteiger partial charge on any atom is 0.0159 e. The summed E-state index contributed by atoms with van der Waals surface area (Å²) in [6, 6.07) is 20.0. The van der Waals surface area contributed by atoms with Crippen LogP contribution in [0.3, 0.4) is 0 Å². The largest absolute Gasteiger partial charge is 0.0619 e. The smallest absolute Gasteiger partial charge is 0.0159 e. The third kappa shape index (κ3) is 1.31. The average Bonchev–Trinajstić information content (AvgIpc) is 2.69. The van der Waals surface area contributed by atoms with E-state index in [0.29, 0.717) is 0 Å². The van der Waals surface area contributed by atoms with Gasteiger partial charge in [0.05, 0.1) is 0 Å². The van der Waals surface area contributed by atoms with Crippen LogP contribution in [0, 0.1) is 6.92 Å². The zero-order chi connectivity index (χ0) is 13.9. The first kappa shape index (κ1) is 11.7. The summed E-state index contributed by atoms with van der Waals surface area (Å²) in [6.07, 6.45) is 0. The van der Waals surface area contributed by atoms with Gasteiger partial charge in [-0.05, 0) is 45.5 Å². The van der Waals surface area contributed by atoms with E-state index in [1.807, 2.05) is 0 Å². The van der Waals surface area contributed by atoms with Crippen LogP contribution in [0.1, 0.15) is 30.5 Å². The highest BCUT2D eigenvalue weighted by molar-refractivity contribution is 6.03. The van der Waals surface area contributed by atoms with Gasteiger partial charge in [0.1, 0.15) is 0 Å². The van der Waals surface area contributed by atoms with Crippen molar-refractivity contribution in [2.45, 2.75) is 26.2 Å². The van der Waals surface area contributed by atoms with E-state index in [4.69, 9.17) is 0 Å². The Hall–Kier alpha value is -2.08. The van der Waals surface area contributed by atoms with Crippen molar-refractivity contribution in [2.24, 2.45) is 0 Å². The lowest BCUT2D eigenvalue weighted by Gasteiger charge is -2.22. The lowest BCUT2D eigenvalue weighted by atomic mass is 9.81. The van der Waals surface area contributed by atoms with Crippen LogP contribution in [0.15, 0.2) is 54.6 Å². The maximum absolute atomic E-state index is 2.39. The molecule has 98 valence electrons. The van der Waals surface area contributed by atoms with Crippen molar-refractivity contribution in [1.29, 1.82) is 0 Å². The van der Waals surface area contributed by atoms with Crippen molar-refractivity contribution >= 4 is 10.8 Å². The van der Waals surface area contributed by atoms with E-state index in [9.17, 15) is 0 Å². The number of fused-ring (bicyclic) bond motifs is 5. The van der Waals surface area contributed by atoms with E-state index >= 15 is 0 Å². The van der Waals surface area contributed by atoms with E-state index in [1.54, 1.807) is 0 Å². The molecule has 20 heavy (non-hydrogen) atoms. The second-order valence-corrected chi connectivity index (χ2v) is 6.33. The summed E-state index contributed by atoms with van der Waals surface area (Å²) in [4.78, 5) is 0. The second kappa shape index (κ2) is 3.73. The van der Waals surface area contributed by atoms with Gasteiger partial charge in [-0.25, -0.2) is 0 Å². The summed E-state index contributed by atoms with van der Waals surface area (Å²) >= 11 is 0. The zero-order valence-electron chi connectivity index (χ0n) is 12.2. The Morgan fingerprint density at radius 2 is 1.40 bits per heavy atom. The fourth-order valence-corrected chi connectivity index (χ4v) is 3.73. The van der Waals surface area contributed by atoms with E-state index in [-0.39, 0.29) is 5.41 Å². The predicted molar refractivity (Wildman–Crippen MR) is 86.2 cm³/mol. The molecule has 0 unspecified atom stereocenters. The Labute approximate surface area is 120 Å². The van der Waals surface area contributed by atoms with Crippen LogP contribution in [0.5, 0.6) is 0 Å². The number of hydrogen-bond acceptors (Lipinski definition) is 0. The molecule has 3 aromatic carbocycles. The lowest BCUT2D eigenvalue weighted by Crippen LogP contribution is -2.15. The molecule has 0 aliphatic heterocycles. The molecule has 3 aromatic rings. The van der Waals surface area contributed by atoms with Gasteiger partial charge in [-0.2, -0.15) is 0 Å². The summed E-state index contributed by atoms with van der Waals surface area (Å²) < 4.78 is 0. The first-order valence-corrected chi connectivity index (χ1v) is 7.23. The first-order valence-electron chi connectivity index (χ1n) is 7.23.